The van der Waals surface area contributed by atoms with Crippen molar-refractivity contribution < 1.29 is 28.9 Å². The van der Waals surface area contributed by atoms with E-state index >= 15 is 0 Å². The maximum atomic E-state index is 12.4. The molecule has 3 aromatic carbocycles. The standard InChI is InChI=1S/C22H18O6/c1-13(2)21(24)27-17-7-6-14-10-16(5-4-15(14)11-17)22(25)28-18-8-9-19(23)20(12-18)26-3/h4-12,23H,1H2,2-3H3. The van der Waals surface area contributed by atoms with Crippen LogP contribution in [0.2, 0.25) is 0 Å². The van der Waals surface area contributed by atoms with Crippen LogP contribution in [0.4, 0.5) is 0 Å². The summed E-state index contributed by atoms with van der Waals surface area (Å²) in [6, 6.07) is 14.4. The number of methoxy groups -OCH3 is 1. The van der Waals surface area contributed by atoms with Crippen molar-refractivity contribution in [3.63, 3.8) is 0 Å². The molecule has 0 fully saturated rings. The molecule has 3 rings (SSSR count). The molecule has 0 amide bonds. The number of hydrogen-bond acceptors (Lipinski definition) is 6. The lowest BCUT2D eigenvalue weighted by molar-refractivity contribution is -0.130. The number of hydrogen-bond donors (Lipinski definition) is 1. The van der Waals surface area contributed by atoms with Crippen LogP contribution >= 0.6 is 0 Å². The summed E-state index contributed by atoms with van der Waals surface area (Å²) in [6.45, 7) is 5.12. The van der Waals surface area contributed by atoms with Crippen molar-refractivity contribution in [1.29, 1.82) is 0 Å². The molecule has 0 radical (unpaired) electrons. The van der Waals surface area contributed by atoms with Crippen LogP contribution in [0.15, 0.2) is 66.7 Å². The molecule has 0 aliphatic heterocycles. The highest BCUT2D eigenvalue weighted by Crippen LogP contribution is 2.30. The van der Waals surface area contributed by atoms with Crippen LogP contribution in [0.25, 0.3) is 10.8 Å². The lowest BCUT2D eigenvalue weighted by atomic mass is 10.1. The zero-order valence-corrected chi connectivity index (χ0v) is 15.4. The van der Waals surface area contributed by atoms with Crippen LogP contribution in [0.5, 0.6) is 23.0 Å². The van der Waals surface area contributed by atoms with Crippen LogP contribution in [0.1, 0.15) is 17.3 Å². The number of aromatic hydroxyl groups is 1. The summed E-state index contributed by atoms with van der Waals surface area (Å²) in [6.07, 6.45) is 0. The number of phenolic OH excluding ortho intramolecular Hbond substituents is 1. The lowest BCUT2D eigenvalue weighted by Gasteiger charge is -2.09. The average Bonchev–Trinajstić information content (AvgIpc) is 2.68. The minimum absolute atomic E-state index is 0.0452. The van der Waals surface area contributed by atoms with Gasteiger partial charge in [-0.2, -0.15) is 0 Å². The van der Waals surface area contributed by atoms with Crippen molar-refractivity contribution in [3.05, 3.63) is 72.3 Å². The lowest BCUT2D eigenvalue weighted by Crippen LogP contribution is -2.09. The van der Waals surface area contributed by atoms with E-state index in [2.05, 4.69) is 6.58 Å². The third-order valence-corrected chi connectivity index (χ3v) is 3.97. The summed E-state index contributed by atoms with van der Waals surface area (Å²) >= 11 is 0. The molecule has 142 valence electrons. The molecular weight excluding hydrogens is 360 g/mol. The van der Waals surface area contributed by atoms with Crippen molar-refractivity contribution in [2.24, 2.45) is 0 Å². The number of carbonyl (C=O) groups is 2. The molecule has 0 spiro atoms. The van der Waals surface area contributed by atoms with Crippen molar-refractivity contribution in [1.82, 2.24) is 0 Å². The Hall–Kier alpha value is -3.80. The van der Waals surface area contributed by atoms with Crippen LogP contribution in [-0.2, 0) is 4.79 Å². The SMILES string of the molecule is C=C(C)C(=O)Oc1ccc2cc(C(=O)Oc3ccc(O)c(OC)c3)ccc2c1. The van der Waals surface area contributed by atoms with Gasteiger partial charge in [-0.25, -0.2) is 9.59 Å². The Kier molecular flexibility index (Phi) is 5.31. The van der Waals surface area contributed by atoms with Gasteiger partial charge in [-0.3, -0.25) is 0 Å². The smallest absolute Gasteiger partial charge is 0.343 e. The predicted octanol–water partition coefficient (Wildman–Crippen LogP) is 4.25. The molecule has 0 unspecified atom stereocenters. The van der Waals surface area contributed by atoms with E-state index in [0.717, 1.165) is 10.8 Å². The van der Waals surface area contributed by atoms with Gasteiger partial charge in [-0.1, -0.05) is 18.7 Å². The zero-order valence-electron chi connectivity index (χ0n) is 15.4. The molecule has 0 heterocycles. The number of rotatable bonds is 5. The first kappa shape index (κ1) is 19.0. The van der Waals surface area contributed by atoms with Gasteiger partial charge in [0.25, 0.3) is 0 Å². The van der Waals surface area contributed by atoms with E-state index in [0.29, 0.717) is 16.9 Å². The second-order valence-electron chi connectivity index (χ2n) is 6.12. The number of phenols is 1. The summed E-state index contributed by atoms with van der Waals surface area (Å²) in [4.78, 5) is 24.0. The normalized spacial score (nSPS) is 10.4. The Morgan fingerprint density at radius 1 is 0.893 bits per heavy atom. The summed E-state index contributed by atoms with van der Waals surface area (Å²) in [5, 5.41) is 11.2. The molecule has 28 heavy (non-hydrogen) atoms. The Morgan fingerprint density at radius 2 is 1.54 bits per heavy atom. The maximum Gasteiger partial charge on any atom is 0.343 e. The maximum absolute atomic E-state index is 12.4. The molecule has 0 aromatic heterocycles. The second-order valence-corrected chi connectivity index (χ2v) is 6.12. The Bertz CT molecular complexity index is 1080. The predicted molar refractivity (Wildman–Crippen MR) is 104 cm³/mol. The fourth-order valence-electron chi connectivity index (χ4n) is 2.50. The van der Waals surface area contributed by atoms with Crippen LogP contribution in [0.3, 0.4) is 0 Å². The number of fused-ring (bicyclic) bond motifs is 1. The largest absolute Gasteiger partial charge is 0.504 e. The second kappa shape index (κ2) is 7.84. The van der Waals surface area contributed by atoms with E-state index in [1.807, 2.05) is 0 Å². The summed E-state index contributed by atoms with van der Waals surface area (Å²) in [7, 11) is 1.41. The highest BCUT2D eigenvalue weighted by molar-refractivity contribution is 5.97. The molecule has 3 aromatic rings. The molecule has 0 aliphatic rings. The molecule has 0 atom stereocenters. The summed E-state index contributed by atoms with van der Waals surface area (Å²) < 4.78 is 15.6. The first-order valence-electron chi connectivity index (χ1n) is 8.38. The van der Waals surface area contributed by atoms with Crippen LogP contribution < -0.4 is 14.2 Å². The van der Waals surface area contributed by atoms with E-state index in [4.69, 9.17) is 14.2 Å². The van der Waals surface area contributed by atoms with Crippen molar-refractivity contribution in [2.45, 2.75) is 6.92 Å². The van der Waals surface area contributed by atoms with Gasteiger partial charge < -0.3 is 19.3 Å². The highest BCUT2D eigenvalue weighted by Gasteiger charge is 2.12. The summed E-state index contributed by atoms with van der Waals surface area (Å²) in [5.41, 5.74) is 0.662. The first-order valence-corrected chi connectivity index (χ1v) is 8.38. The Morgan fingerprint density at radius 3 is 2.25 bits per heavy atom. The molecule has 0 saturated heterocycles. The van der Waals surface area contributed by atoms with Gasteiger partial charge in [0.1, 0.15) is 11.5 Å². The minimum Gasteiger partial charge on any atom is -0.504 e. The van der Waals surface area contributed by atoms with Gasteiger partial charge in [0.15, 0.2) is 11.5 Å². The number of carbonyl (C=O) groups excluding carboxylic acids is 2. The van der Waals surface area contributed by atoms with Crippen LogP contribution in [0, 0.1) is 0 Å². The van der Waals surface area contributed by atoms with E-state index in [1.54, 1.807) is 43.3 Å². The fourth-order valence-corrected chi connectivity index (χ4v) is 2.50. The monoisotopic (exact) mass is 378 g/mol. The van der Waals surface area contributed by atoms with Gasteiger partial charge >= 0.3 is 11.9 Å². The topological polar surface area (TPSA) is 82.1 Å². The van der Waals surface area contributed by atoms with Gasteiger partial charge in [-0.05, 0) is 54.1 Å². The zero-order chi connectivity index (χ0) is 20.3. The Labute approximate surface area is 161 Å². The van der Waals surface area contributed by atoms with E-state index in [9.17, 15) is 14.7 Å². The minimum atomic E-state index is -0.549. The van der Waals surface area contributed by atoms with Crippen LogP contribution in [-0.4, -0.2) is 24.2 Å². The fraction of sp³-hybridized carbons (Fsp3) is 0.0909. The van der Waals surface area contributed by atoms with Crippen molar-refractivity contribution >= 4 is 22.7 Å². The van der Waals surface area contributed by atoms with E-state index in [1.165, 1.54) is 25.3 Å². The first-order chi connectivity index (χ1) is 13.4. The molecule has 6 nitrogen and oxygen atoms in total. The van der Waals surface area contributed by atoms with Gasteiger partial charge in [-0.15, -0.1) is 0 Å². The molecule has 6 heteroatoms. The number of esters is 2. The molecular formula is C22H18O6. The van der Waals surface area contributed by atoms with Crippen molar-refractivity contribution in [3.8, 4) is 23.0 Å². The number of ether oxygens (including phenoxy) is 3. The average molecular weight is 378 g/mol. The van der Waals surface area contributed by atoms with Gasteiger partial charge in [0, 0.05) is 11.6 Å². The van der Waals surface area contributed by atoms with E-state index < -0.39 is 11.9 Å². The molecule has 0 saturated carbocycles. The third-order valence-electron chi connectivity index (χ3n) is 3.97. The van der Waals surface area contributed by atoms with Crippen molar-refractivity contribution in [2.75, 3.05) is 7.11 Å². The third kappa shape index (κ3) is 4.12. The highest BCUT2D eigenvalue weighted by atomic mass is 16.5. The Balaban J connectivity index is 1.80. The van der Waals surface area contributed by atoms with Gasteiger partial charge in [0.2, 0.25) is 0 Å². The molecule has 0 bridgehead atoms. The van der Waals surface area contributed by atoms with Gasteiger partial charge in [0.05, 0.1) is 12.7 Å². The molecule has 1 N–H and O–H groups in total. The number of benzene rings is 3. The van der Waals surface area contributed by atoms with E-state index in [-0.39, 0.29) is 17.2 Å². The quantitative estimate of drug-likeness (QED) is 0.406. The summed E-state index contributed by atoms with van der Waals surface area (Å²) in [5.74, 6) is -0.234. The molecule has 0 aliphatic carbocycles.